The first-order valence-corrected chi connectivity index (χ1v) is 7.14. The van der Waals surface area contributed by atoms with Crippen LogP contribution in [0.25, 0.3) is 0 Å². The predicted molar refractivity (Wildman–Crippen MR) is 79.1 cm³/mol. The summed E-state index contributed by atoms with van der Waals surface area (Å²) in [6.07, 6.45) is 1.13. The molecule has 0 fully saturated rings. The SMILES string of the molecule is CC(C)CCSc1cc(N)ccc1C(=O)N(C)C. The summed E-state index contributed by atoms with van der Waals surface area (Å²) in [7, 11) is 3.53. The van der Waals surface area contributed by atoms with E-state index >= 15 is 0 Å². The van der Waals surface area contributed by atoms with E-state index in [0.29, 0.717) is 11.6 Å². The minimum atomic E-state index is 0.0297. The molecule has 0 bridgehead atoms. The topological polar surface area (TPSA) is 46.3 Å². The van der Waals surface area contributed by atoms with E-state index in [1.165, 1.54) is 0 Å². The van der Waals surface area contributed by atoms with Gasteiger partial charge < -0.3 is 10.6 Å². The lowest BCUT2D eigenvalue weighted by atomic mass is 10.2. The van der Waals surface area contributed by atoms with Gasteiger partial charge in [0.15, 0.2) is 0 Å². The van der Waals surface area contributed by atoms with Crippen molar-refractivity contribution in [2.75, 3.05) is 25.6 Å². The van der Waals surface area contributed by atoms with Crippen LogP contribution in [0.2, 0.25) is 0 Å². The zero-order valence-electron chi connectivity index (χ0n) is 11.6. The van der Waals surface area contributed by atoms with Gasteiger partial charge in [0, 0.05) is 24.7 Å². The van der Waals surface area contributed by atoms with Crippen LogP contribution in [-0.2, 0) is 0 Å². The van der Waals surface area contributed by atoms with E-state index in [2.05, 4.69) is 13.8 Å². The van der Waals surface area contributed by atoms with Crippen molar-refractivity contribution in [1.29, 1.82) is 0 Å². The summed E-state index contributed by atoms with van der Waals surface area (Å²) in [5, 5.41) is 0. The Labute approximate surface area is 114 Å². The van der Waals surface area contributed by atoms with Gasteiger partial charge in [-0.25, -0.2) is 0 Å². The maximum absolute atomic E-state index is 12.0. The number of hydrogen-bond acceptors (Lipinski definition) is 3. The van der Waals surface area contributed by atoms with Crippen LogP contribution in [-0.4, -0.2) is 30.7 Å². The molecule has 0 heterocycles. The molecule has 0 atom stereocenters. The van der Waals surface area contributed by atoms with Crippen molar-refractivity contribution in [1.82, 2.24) is 4.90 Å². The highest BCUT2D eigenvalue weighted by molar-refractivity contribution is 7.99. The first-order chi connectivity index (χ1) is 8.41. The Balaban J connectivity index is 2.86. The quantitative estimate of drug-likeness (QED) is 0.658. The smallest absolute Gasteiger partial charge is 0.254 e. The van der Waals surface area contributed by atoms with E-state index in [1.54, 1.807) is 36.8 Å². The lowest BCUT2D eigenvalue weighted by Crippen LogP contribution is -2.22. The molecule has 3 nitrogen and oxygen atoms in total. The fourth-order valence-electron chi connectivity index (χ4n) is 1.48. The summed E-state index contributed by atoms with van der Waals surface area (Å²) in [4.78, 5) is 14.6. The summed E-state index contributed by atoms with van der Waals surface area (Å²) < 4.78 is 0. The number of rotatable bonds is 5. The molecular formula is C14H22N2OS. The van der Waals surface area contributed by atoms with Crippen molar-refractivity contribution < 1.29 is 4.79 Å². The van der Waals surface area contributed by atoms with Gasteiger partial charge in [0.1, 0.15) is 0 Å². The minimum Gasteiger partial charge on any atom is -0.399 e. The van der Waals surface area contributed by atoms with Crippen molar-refractivity contribution in [3.8, 4) is 0 Å². The molecule has 2 N–H and O–H groups in total. The molecule has 0 unspecified atom stereocenters. The normalized spacial score (nSPS) is 10.7. The van der Waals surface area contributed by atoms with Crippen LogP contribution in [0.3, 0.4) is 0 Å². The second-order valence-electron chi connectivity index (χ2n) is 4.99. The largest absolute Gasteiger partial charge is 0.399 e. The van der Waals surface area contributed by atoms with Crippen molar-refractivity contribution >= 4 is 23.4 Å². The number of carbonyl (C=O) groups is 1. The van der Waals surface area contributed by atoms with E-state index in [1.807, 2.05) is 12.1 Å². The molecule has 1 rings (SSSR count). The second kappa shape index (κ2) is 6.69. The number of nitrogens with two attached hydrogens (primary N) is 1. The minimum absolute atomic E-state index is 0.0297. The molecule has 4 heteroatoms. The van der Waals surface area contributed by atoms with Crippen LogP contribution < -0.4 is 5.73 Å². The lowest BCUT2D eigenvalue weighted by molar-refractivity contribution is 0.0824. The molecule has 0 aromatic heterocycles. The summed E-state index contributed by atoms with van der Waals surface area (Å²) in [6, 6.07) is 5.49. The molecule has 0 radical (unpaired) electrons. The zero-order valence-corrected chi connectivity index (χ0v) is 12.4. The molecule has 0 aliphatic carbocycles. The maximum atomic E-state index is 12.0. The van der Waals surface area contributed by atoms with Gasteiger partial charge in [-0.2, -0.15) is 0 Å². The fourth-order valence-corrected chi connectivity index (χ4v) is 2.82. The molecular weight excluding hydrogens is 244 g/mol. The molecule has 18 heavy (non-hydrogen) atoms. The Morgan fingerprint density at radius 3 is 2.61 bits per heavy atom. The number of nitrogen functional groups attached to an aromatic ring is 1. The number of nitrogens with zero attached hydrogens (tertiary/aromatic N) is 1. The van der Waals surface area contributed by atoms with Gasteiger partial charge >= 0.3 is 0 Å². The number of anilines is 1. The Morgan fingerprint density at radius 2 is 2.06 bits per heavy atom. The first-order valence-electron chi connectivity index (χ1n) is 6.15. The average molecular weight is 266 g/mol. The molecule has 0 aliphatic rings. The number of thioether (sulfide) groups is 1. The average Bonchev–Trinajstić information content (AvgIpc) is 2.27. The highest BCUT2D eigenvalue weighted by Gasteiger charge is 2.13. The molecule has 0 saturated carbocycles. The van der Waals surface area contributed by atoms with Gasteiger partial charge in [0.25, 0.3) is 5.91 Å². The predicted octanol–water partition coefficient (Wildman–Crippen LogP) is 3.11. The third-order valence-corrected chi connectivity index (χ3v) is 3.68. The van der Waals surface area contributed by atoms with Gasteiger partial charge in [0.05, 0.1) is 5.56 Å². The van der Waals surface area contributed by atoms with Gasteiger partial charge in [-0.05, 0) is 36.3 Å². The van der Waals surface area contributed by atoms with Crippen LogP contribution in [0, 0.1) is 5.92 Å². The summed E-state index contributed by atoms with van der Waals surface area (Å²) >= 11 is 1.71. The number of carbonyl (C=O) groups excluding carboxylic acids is 1. The third-order valence-electron chi connectivity index (χ3n) is 2.60. The molecule has 100 valence electrons. The van der Waals surface area contributed by atoms with Gasteiger partial charge in [0.2, 0.25) is 0 Å². The highest BCUT2D eigenvalue weighted by Crippen LogP contribution is 2.27. The number of amides is 1. The van der Waals surface area contributed by atoms with Crippen LogP contribution in [0.1, 0.15) is 30.6 Å². The Kier molecular flexibility index (Phi) is 5.54. The molecule has 1 aromatic carbocycles. The summed E-state index contributed by atoms with van der Waals surface area (Å²) in [6.45, 7) is 4.40. The first kappa shape index (κ1) is 14.9. The number of hydrogen-bond donors (Lipinski definition) is 1. The fraction of sp³-hybridized carbons (Fsp3) is 0.500. The van der Waals surface area contributed by atoms with E-state index in [0.717, 1.165) is 22.6 Å². The Hall–Kier alpha value is -1.16. The van der Waals surface area contributed by atoms with Crippen molar-refractivity contribution in [3.63, 3.8) is 0 Å². The third kappa shape index (κ3) is 4.26. The van der Waals surface area contributed by atoms with Crippen molar-refractivity contribution in [3.05, 3.63) is 23.8 Å². The second-order valence-corrected chi connectivity index (χ2v) is 6.12. The number of benzene rings is 1. The van der Waals surface area contributed by atoms with Crippen LogP contribution in [0.5, 0.6) is 0 Å². The summed E-state index contributed by atoms with van der Waals surface area (Å²) in [5.41, 5.74) is 7.24. The van der Waals surface area contributed by atoms with Gasteiger partial charge in [-0.3, -0.25) is 4.79 Å². The Morgan fingerprint density at radius 1 is 1.39 bits per heavy atom. The van der Waals surface area contributed by atoms with Crippen LogP contribution in [0.15, 0.2) is 23.1 Å². The summed E-state index contributed by atoms with van der Waals surface area (Å²) in [5.74, 6) is 1.71. The highest BCUT2D eigenvalue weighted by atomic mass is 32.2. The maximum Gasteiger partial charge on any atom is 0.254 e. The Bertz CT molecular complexity index is 416. The van der Waals surface area contributed by atoms with E-state index in [9.17, 15) is 4.79 Å². The molecule has 1 aromatic rings. The molecule has 1 amide bonds. The molecule has 0 spiro atoms. The van der Waals surface area contributed by atoms with E-state index < -0.39 is 0 Å². The standard InChI is InChI=1S/C14H22N2OS/c1-10(2)7-8-18-13-9-11(15)5-6-12(13)14(17)16(3)4/h5-6,9-10H,7-8,15H2,1-4H3. The molecule has 0 saturated heterocycles. The van der Waals surface area contributed by atoms with Crippen molar-refractivity contribution in [2.45, 2.75) is 25.2 Å². The monoisotopic (exact) mass is 266 g/mol. The lowest BCUT2D eigenvalue weighted by Gasteiger charge is -2.14. The van der Waals surface area contributed by atoms with Crippen molar-refractivity contribution in [2.24, 2.45) is 5.92 Å². The van der Waals surface area contributed by atoms with E-state index in [-0.39, 0.29) is 5.91 Å². The zero-order chi connectivity index (χ0) is 13.7. The van der Waals surface area contributed by atoms with Crippen LogP contribution >= 0.6 is 11.8 Å². The van der Waals surface area contributed by atoms with Crippen LogP contribution in [0.4, 0.5) is 5.69 Å². The van der Waals surface area contributed by atoms with E-state index in [4.69, 9.17) is 5.73 Å². The van der Waals surface area contributed by atoms with Gasteiger partial charge in [-0.15, -0.1) is 11.8 Å². The molecule has 0 aliphatic heterocycles. The van der Waals surface area contributed by atoms with Gasteiger partial charge in [-0.1, -0.05) is 13.8 Å².